The molecular formula is C12H19Br. The quantitative estimate of drug-likeness (QED) is 0.633. The van der Waals surface area contributed by atoms with Crippen LogP contribution >= 0.6 is 15.9 Å². The summed E-state index contributed by atoms with van der Waals surface area (Å²) in [4.78, 5) is 0. The molecule has 74 valence electrons. The molecule has 0 heterocycles. The van der Waals surface area contributed by atoms with Crippen molar-refractivity contribution in [1.82, 2.24) is 0 Å². The van der Waals surface area contributed by atoms with Crippen molar-refractivity contribution < 1.29 is 0 Å². The maximum atomic E-state index is 3.55. The Bertz CT molecular complexity index is 220. The van der Waals surface area contributed by atoms with Crippen LogP contribution in [0.5, 0.6) is 0 Å². The molecule has 0 aromatic heterocycles. The molecule has 0 saturated carbocycles. The minimum absolute atomic E-state index is 0.349. The van der Waals surface area contributed by atoms with Crippen LogP contribution in [0.25, 0.3) is 0 Å². The first kappa shape index (κ1) is 11.0. The zero-order chi connectivity index (χ0) is 9.95. The predicted molar refractivity (Wildman–Crippen MR) is 63.2 cm³/mol. The van der Waals surface area contributed by atoms with E-state index < -0.39 is 0 Å². The van der Waals surface area contributed by atoms with Crippen molar-refractivity contribution in [2.75, 3.05) is 5.33 Å². The van der Waals surface area contributed by atoms with E-state index in [0.29, 0.717) is 10.8 Å². The van der Waals surface area contributed by atoms with E-state index in [2.05, 4.69) is 61.0 Å². The second kappa shape index (κ2) is 4.00. The summed E-state index contributed by atoms with van der Waals surface area (Å²) in [6, 6.07) is 0. The Labute approximate surface area is 90.2 Å². The molecule has 1 rings (SSSR count). The Balaban J connectivity index is 2.88. The first-order chi connectivity index (χ1) is 6.02. The number of hydrogen-bond donors (Lipinski definition) is 0. The number of rotatable bonds is 2. The van der Waals surface area contributed by atoms with Crippen LogP contribution in [0.15, 0.2) is 24.3 Å². The molecule has 1 aliphatic carbocycles. The van der Waals surface area contributed by atoms with Gasteiger partial charge in [0, 0.05) is 5.33 Å². The molecule has 0 saturated heterocycles. The summed E-state index contributed by atoms with van der Waals surface area (Å²) in [6.45, 7) is 7.00. The summed E-state index contributed by atoms with van der Waals surface area (Å²) >= 11 is 3.55. The molecule has 0 amide bonds. The fourth-order valence-electron chi connectivity index (χ4n) is 1.95. The van der Waals surface area contributed by atoms with Crippen molar-refractivity contribution in [3.63, 3.8) is 0 Å². The summed E-state index contributed by atoms with van der Waals surface area (Å²) in [5.41, 5.74) is 0.702. The highest BCUT2D eigenvalue weighted by atomic mass is 79.9. The van der Waals surface area contributed by atoms with Crippen molar-refractivity contribution >= 4 is 15.9 Å². The molecule has 0 spiro atoms. The molecule has 13 heavy (non-hydrogen) atoms. The van der Waals surface area contributed by atoms with Gasteiger partial charge in [-0.05, 0) is 23.7 Å². The van der Waals surface area contributed by atoms with Gasteiger partial charge in [-0.3, -0.25) is 0 Å². The summed E-state index contributed by atoms with van der Waals surface area (Å²) in [7, 11) is 0. The van der Waals surface area contributed by atoms with Gasteiger partial charge in [-0.25, -0.2) is 0 Å². The lowest BCUT2D eigenvalue weighted by atomic mass is 9.62. The van der Waals surface area contributed by atoms with E-state index >= 15 is 0 Å². The normalized spacial score (nSPS) is 28.0. The third kappa shape index (κ3) is 2.25. The molecule has 0 aromatic rings. The summed E-state index contributed by atoms with van der Waals surface area (Å²) < 4.78 is 0. The van der Waals surface area contributed by atoms with Crippen LogP contribution in [0.3, 0.4) is 0 Å². The fraction of sp³-hybridized carbons (Fsp3) is 0.667. The molecule has 0 aliphatic heterocycles. The monoisotopic (exact) mass is 242 g/mol. The topological polar surface area (TPSA) is 0 Å². The second-order valence-electron chi connectivity index (χ2n) is 4.84. The lowest BCUT2D eigenvalue weighted by Gasteiger charge is -2.43. The highest BCUT2D eigenvalue weighted by Gasteiger charge is 2.38. The van der Waals surface area contributed by atoms with Crippen LogP contribution in [0.1, 0.15) is 33.6 Å². The maximum absolute atomic E-state index is 3.55. The second-order valence-corrected chi connectivity index (χ2v) is 5.63. The van der Waals surface area contributed by atoms with Gasteiger partial charge < -0.3 is 0 Å². The van der Waals surface area contributed by atoms with Crippen molar-refractivity contribution in [3.05, 3.63) is 24.3 Å². The third-order valence-electron chi connectivity index (χ3n) is 3.18. The largest absolute Gasteiger partial charge is 0.0928 e. The molecule has 1 atom stereocenters. The van der Waals surface area contributed by atoms with Crippen molar-refractivity contribution in [3.8, 4) is 0 Å². The predicted octanol–water partition coefficient (Wildman–Crippen LogP) is 4.32. The van der Waals surface area contributed by atoms with E-state index in [0.717, 1.165) is 5.33 Å². The van der Waals surface area contributed by atoms with E-state index in [1.54, 1.807) is 0 Å². The molecule has 0 fully saturated rings. The van der Waals surface area contributed by atoms with E-state index in [1.165, 1.54) is 12.8 Å². The first-order valence-corrected chi connectivity index (χ1v) is 6.04. The van der Waals surface area contributed by atoms with Crippen molar-refractivity contribution in [2.45, 2.75) is 33.6 Å². The molecule has 1 unspecified atom stereocenters. The number of allylic oxidation sites excluding steroid dienone is 4. The molecule has 1 aliphatic rings. The Morgan fingerprint density at radius 3 is 2.38 bits per heavy atom. The van der Waals surface area contributed by atoms with Gasteiger partial charge in [0.2, 0.25) is 0 Å². The standard InChI is InChI=1S/C12H19Br/c1-11(2,3)12(9-10-13)7-5-4-6-8-12/h4-7H,8-10H2,1-3H3. The van der Waals surface area contributed by atoms with E-state index in [-0.39, 0.29) is 0 Å². The van der Waals surface area contributed by atoms with Crippen molar-refractivity contribution in [2.24, 2.45) is 10.8 Å². The lowest BCUT2D eigenvalue weighted by Crippen LogP contribution is -2.34. The van der Waals surface area contributed by atoms with Gasteiger partial charge in [0.25, 0.3) is 0 Å². The number of halogens is 1. The zero-order valence-corrected chi connectivity index (χ0v) is 10.4. The molecular weight excluding hydrogens is 224 g/mol. The molecule has 1 heteroatoms. The third-order valence-corrected chi connectivity index (χ3v) is 3.58. The van der Waals surface area contributed by atoms with Crippen LogP contribution in [0.2, 0.25) is 0 Å². The van der Waals surface area contributed by atoms with Gasteiger partial charge in [0.15, 0.2) is 0 Å². The van der Waals surface area contributed by atoms with E-state index in [4.69, 9.17) is 0 Å². The molecule has 0 aromatic carbocycles. The fourth-order valence-corrected chi connectivity index (χ4v) is 2.66. The number of hydrogen-bond acceptors (Lipinski definition) is 0. The zero-order valence-electron chi connectivity index (χ0n) is 8.81. The first-order valence-electron chi connectivity index (χ1n) is 4.92. The average molecular weight is 243 g/mol. The maximum Gasteiger partial charge on any atom is 0.00398 e. The summed E-state index contributed by atoms with van der Waals surface area (Å²) in [5, 5.41) is 1.09. The average Bonchev–Trinajstić information content (AvgIpc) is 2.04. The smallest absolute Gasteiger partial charge is 0.00398 e. The van der Waals surface area contributed by atoms with Gasteiger partial charge in [0.1, 0.15) is 0 Å². The van der Waals surface area contributed by atoms with Gasteiger partial charge >= 0.3 is 0 Å². The summed E-state index contributed by atoms with van der Waals surface area (Å²) in [5.74, 6) is 0. The van der Waals surface area contributed by atoms with Gasteiger partial charge in [-0.15, -0.1) is 0 Å². The molecule has 0 bridgehead atoms. The Morgan fingerprint density at radius 1 is 1.31 bits per heavy atom. The van der Waals surface area contributed by atoms with Crippen LogP contribution in [0, 0.1) is 10.8 Å². The van der Waals surface area contributed by atoms with E-state index in [9.17, 15) is 0 Å². The Morgan fingerprint density at radius 2 is 2.00 bits per heavy atom. The van der Waals surface area contributed by atoms with Crippen LogP contribution in [-0.2, 0) is 0 Å². The van der Waals surface area contributed by atoms with Crippen LogP contribution in [0.4, 0.5) is 0 Å². The Kier molecular flexibility index (Phi) is 3.39. The van der Waals surface area contributed by atoms with Gasteiger partial charge in [0.05, 0.1) is 0 Å². The molecule has 0 nitrogen and oxygen atoms in total. The van der Waals surface area contributed by atoms with Gasteiger partial charge in [-0.2, -0.15) is 0 Å². The SMILES string of the molecule is CC(C)(C)C1(CCBr)C=CC=CC1. The van der Waals surface area contributed by atoms with Crippen LogP contribution < -0.4 is 0 Å². The highest BCUT2D eigenvalue weighted by Crippen LogP contribution is 2.47. The Hall–Kier alpha value is -0.0400. The lowest BCUT2D eigenvalue weighted by molar-refractivity contribution is 0.142. The van der Waals surface area contributed by atoms with Crippen LogP contribution in [-0.4, -0.2) is 5.33 Å². The minimum Gasteiger partial charge on any atom is -0.0928 e. The molecule has 0 radical (unpaired) electrons. The van der Waals surface area contributed by atoms with Crippen molar-refractivity contribution in [1.29, 1.82) is 0 Å². The highest BCUT2D eigenvalue weighted by molar-refractivity contribution is 9.09. The van der Waals surface area contributed by atoms with E-state index in [1.807, 2.05) is 0 Å². The number of alkyl halides is 1. The van der Waals surface area contributed by atoms with Gasteiger partial charge in [-0.1, -0.05) is 61.0 Å². The molecule has 0 N–H and O–H groups in total. The minimum atomic E-state index is 0.349. The summed E-state index contributed by atoms with van der Waals surface area (Å²) in [6.07, 6.45) is 11.4.